The van der Waals surface area contributed by atoms with Gasteiger partial charge in [0.1, 0.15) is 17.2 Å². The van der Waals surface area contributed by atoms with E-state index >= 15 is 0 Å². The Morgan fingerprint density at radius 2 is 1.96 bits per heavy atom. The summed E-state index contributed by atoms with van der Waals surface area (Å²) in [5.41, 5.74) is 0.361. The molecule has 0 unspecified atom stereocenters. The van der Waals surface area contributed by atoms with Crippen LogP contribution in [0.15, 0.2) is 27.4 Å². The van der Waals surface area contributed by atoms with Gasteiger partial charge in [0.05, 0.1) is 12.8 Å². The number of fused-ring (bicyclic) bond motifs is 1. The zero-order valence-corrected chi connectivity index (χ0v) is 16.1. The first kappa shape index (κ1) is 20.2. The summed E-state index contributed by atoms with van der Waals surface area (Å²) in [6, 6.07) is 4.57. The van der Waals surface area contributed by atoms with Crippen LogP contribution in [-0.4, -0.2) is 22.6 Å². The van der Waals surface area contributed by atoms with E-state index in [0.717, 1.165) is 5.56 Å². The minimum atomic E-state index is -0.730. The van der Waals surface area contributed by atoms with Crippen LogP contribution in [0.5, 0.6) is 0 Å². The maximum Gasteiger partial charge on any atom is 0.345 e. The summed E-state index contributed by atoms with van der Waals surface area (Å²) in [7, 11) is 2.66. The molecule has 1 N–H and O–H groups in total. The van der Waals surface area contributed by atoms with Crippen molar-refractivity contribution in [2.75, 3.05) is 12.4 Å². The van der Waals surface area contributed by atoms with Gasteiger partial charge >= 0.3 is 5.97 Å². The molecule has 0 atom stereocenters. The molecule has 0 spiro atoms. The molecule has 0 aliphatic carbocycles. The van der Waals surface area contributed by atoms with E-state index in [1.54, 1.807) is 19.9 Å². The first-order valence-corrected chi connectivity index (χ1v) is 8.45. The summed E-state index contributed by atoms with van der Waals surface area (Å²) in [5, 5.41) is 2.79. The number of rotatable bonds is 3. The Morgan fingerprint density at radius 3 is 2.56 bits per heavy atom. The van der Waals surface area contributed by atoms with Crippen molar-refractivity contribution in [2.45, 2.75) is 27.7 Å². The van der Waals surface area contributed by atoms with Gasteiger partial charge in [-0.15, -0.1) is 0 Å². The maximum atomic E-state index is 14.2. The van der Waals surface area contributed by atoms with Crippen molar-refractivity contribution in [3.8, 4) is 0 Å². The van der Waals surface area contributed by atoms with Crippen molar-refractivity contribution in [3.63, 3.8) is 0 Å². The highest BCUT2D eigenvalue weighted by Gasteiger charge is 2.26. The topological polar surface area (TPSA) is 86.4 Å². The molecule has 8 heteroatoms. The van der Waals surface area contributed by atoms with E-state index in [1.807, 2.05) is 13.8 Å². The quantitative estimate of drug-likeness (QED) is 0.700. The molecule has 0 fully saturated rings. The van der Waals surface area contributed by atoms with Crippen LogP contribution in [0.25, 0.3) is 11.1 Å². The van der Waals surface area contributed by atoms with Crippen LogP contribution >= 0.6 is 0 Å². The third-order valence-corrected chi connectivity index (χ3v) is 3.81. The van der Waals surface area contributed by atoms with E-state index in [2.05, 4.69) is 10.3 Å². The van der Waals surface area contributed by atoms with Gasteiger partial charge in [-0.05, 0) is 24.6 Å². The summed E-state index contributed by atoms with van der Waals surface area (Å²) < 4.78 is 25.6. The Balaban J connectivity index is 0.00000126. The Hall–Kier alpha value is -3.16. The first-order chi connectivity index (χ1) is 12.8. The Bertz CT molecular complexity index is 1050. The summed E-state index contributed by atoms with van der Waals surface area (Å²) in [4.78, 5) is 28.8. The number of nitrogens with zero attached hydrogens (tertiary/aromatic N) is 2. The lowest BCUT2D eigenvalue weighted by molar-refractivity contribution is 0.0602. The van der Waals surface area contributed by atoms with Crippen molar-refractivity contribution in [1.82, 2.24) is 9.55 Å². The SMILES string of the molecule is CC.COC(=O)c1c(Nc2ccc(C)cc2F)n(C)c(=O)c2nc(C)oc12. The smallest absolute Gasteiger partial charge is 0.345 e. The van der Waals surface area contributed by atoms with Crippen LogP contribution in [0, 0.1) is 19.7 Å². The number of pyridine rings is 1. The highest BCUT2D eigenvalue weighted by atomic mass is 19.1. The van der Waals surface area contributed by atoms with Crippen LogP contribution in [0.3, 0.4) is 0 Å². The second-order valence-corrected chi connectivity index (χ2v) is 5.60. The van der Waals surface area contributed by atoms with Crippen LogP contribution in [-0.2, 0) is 11.8 Å². The van der Waals surface area contributed by atoms with E-state index in [-0.39, 0.29) is 34.1 Å². The summed E-state index contributed by atoms with van der Waals surface area (Å²) >= 11 is 0. The van der Waals surface area contributed by atoms with Gasteiger partial charge in [-0.25, -0.2) is 14.2 Å². The second-order valence-electron chi connectivity index (χ2n) is 5.60. The molecular formula is C19H22FN3O4. The van der Waals surface area contributed by atoms with E-state index in [9.17, 15) is 14.0 Å². The van der Waals surface area contributed by atoms with Crippen molar-refractivity contribution >= 4 is 28.6 Å². The number of anilines is 2. The number of carbonyl (C=O) groups is 1. The van der Waals surface area contributed by atoms with Crippen molar-refractivity contribution in [2.24, 2.45) is 7.05 Å². The maximum absolute atomic E-state index is 14.2. The number of oxazole rings is 1. The lowest BCUT2D eigenvalue weighted by atomic mass is 10.2. The molecular weight excluding hydrogens is 353 g/mol. The second kappa shape index (κ2) is 8.03. The molecule has 3 aromatic rings. The summed E-state index contributed by atoms with van der Waals surface area (Å²) in [5.74, 6) is -0.956. The monoisotopic (exact) mass is 375 g/mol. The number of carbonyl (C=O) groups excluding carboxylic acids is 1. The minimum absolute atomic E-state index is 0.00229. The third kappa shape index (κ3) is 3.69. The minimum Gasteiger partial charge on any atom is -0.465 e. The van der Waals surface area contributed by atoms with Gasteiger partial charge in [-0.1, -0.05) is 19.9 Å². The van der Waals surface area contributed by atoms with Gasteiger partial charge in [-0.3, -0.25) is 9.36 Å². The van der Waals surface area contributed by atoms with Gasteiger partial charge in [0.25, 0.3) is 5.56 Å². The standard InChI is InChI=1S/C17H16FN3O4.C2H6/c1-8-5-6-11(10(18)7-8)20-15-12(17(23)24-4)14-13(16(22)21(15)3)19-9(2)25-14;1-2/h5-7,20H,1-4H3;1-2H3. The normalized spacial score (nSPS) is 10.3. The number of hydrogen-bond donors (Lipinski definition) is 1. The third-order valence-electron chi connectivity index (χ3n) is 3.81. The Kier molecular flexibility index (Phi) is 5.99. The predicted molar refractivity (Wildman–Crippen MR) is 101 cm³/mol. The molecule has 27 heavy (non-hydrogen) atoms. The highest BCUT2D eigenvalue weighted by molar-refractivity contribution is 6.06. The highest BCUT2D eigenvalue weighted by Crippen LogP contribution is 2.28. The number of nitrogens with one attached hydrogen (secondary N) is 1. The molecule has 2 aromatic heterocycles. The number of methoxy groups -OCH3 is 1. The van der Waals surface area contributed by atoms with Gasteiger partial charge in [0, 0.05) is 14.0 Å². The van der Waals surface area contributed by atoms with Gasteiger partial charge < -0.3 is 14.5 Å². The van der Waals surface area contributed by atoms with Gasteiger partial charge in [0.2, 0.25) is 0 Å². The van der Waals surface area contributed by atoms with Gasteiger partial charge in [-0.2, -0.15) is 0 Å². The lowest BCUT2D eigenvalue weighted by Gasteiger charge is -2.15. The first-order valence-electron chi connectivity index (χ1n) is 8.45. The molecule has 0 saturated carbocycles. The molecule has 0 amide bonds. The molecule has 0 bridgehead atoms. The molecule has 2 heterocycles. The van der Waals surface area contributed by atoms with E-state index in [1.165, 1.54) is 30.9 Å². The zero-order chi connectivity index (χ0) is 20.3. The number of halogens is 1. The summed E-state index contributed by atoms with van der Waals surface area (Å²) in [6.07, 6.45) is 0. The van der Waals surface area contributed by atoms with Crippen LogP contribution in [0.1, 0.15) is 35.7 Å². The average Bonchev–Trinajstić information content (AvgIpc) is 3.04. The number of hydrogen-bond acceptors (Lipinski definition) is 6. The molecule has 0 radical (unpaired) electrons. The van der Waals surface area contributed by atoms with E-state index < -0.39 is 17.3 Å². The molecule has 1 aromatic carbocycles. The Morgan fingerprint density at radius 1 is 1.30 bits per heavy atom. The molecule has 0 aliphatic heterocycles. The van der Waals surface area contributed by atoms with Crippen LogP contribution < -0.4 is 10.9 Å². The fourth-order valence-corrected chi connectivity index (χ4v) is 2.56. The zero-order valence-electron chi connectivity index (χ0n) is 16.1. The van der Waals surface area contributed by atoms with Crippen LogP contribution in [0.2, 0.25) is 0 Å². The van der Waals surface area contributed by atoms with Crippen molar-refractivity contribution < 1.29 is 18.3 Å². The number of esters is 1. The largest absolute Gasteiger partial charge is 0.465 e. The lowest BCUT2D eigenvalue weighted by Crippen LogP contribution is -2.24. The number of benzene rings is 1. The van der Waals surface area contributed by atoms with Crippen molar-refractivity contribution in [3.05, 3.63) is 51.4 Å². The molecule has 7 nitrogen and oxygen atoms in total. The predicted octanol–water partition coefficient (Wildman–Crippen LogP) is 3.84. The van der Waals surface area contributed by atoms with Gasteiger partial charge in [0.15, 0.2) is 17.0 Å². The fourth-order valence-electron chi connectivity index (χ4n) is 2.56. The molecule has 3 rings (SSSR count). The molecule has 144 valence electrons. The Labute approximate surface area is 155 Å². The molecule has 0 saturated heterocycles. The average molecular weight is 375 g/mol. The molecule has 0 aliphatic rings. The van der Waals surface area contributed by atoms with E-state index in [4.69, 9.17) is 9.15 Å². The summed E-state index contributed by atoms with van der Waals surface area (Å²) in [6.45, 7) is 7.32. The number of aryl methyl sites for hydroxylation is 2. The van der Waals surface area contributed by atoms with Crippen molar-refractivity contribution in [1.29, 1.82) is 0 Å². The van der Waals surface area contributed by atoms with E-state index in [0.29, 0.717) is 0 Å². The van der Waals surface area contributed by atoms with Crippen LogP contribution in [0.4, 0.5) is 15.9 Å². The number of aromatic nitrogens is 2. The number of ether oxygens (including phenoxy) is 1. The fraction of sp³-hybridized carbons (Fsp3) is 0.316.